The van der Waals surface area contributed by atoms with Crippen LogP contribution in [0, 0.1) is 16.6 Å². The van der Waals surface area contributed by atoms with Crippen LogP contribution in [0.25, 0.3) is 11.3 Å². The normalized spacial score (nSPS) is 22.5. The largest absolute Gasteiger partial charge is 0.465 e. The maximum Gasteiger partial charge on any atom is 0.163 e. The summed E-state index contributed by atoms with van der Waals surface area (Å²) in [4.78, 5) is 26.8. The topological polar surface area (TPSA) is 72.1 Å². The fraction of sp³-hybridized carbons (Fsp3) is 0.423. The van der Waals surface area contributed by atoms with E-state index in [9.17, 15) is 14.0 Å². The second-order valence-electron chi connectivity index (χ2n) is 10.8. The van der Waals surface area contributed by atoms with Gasteiger partial charge in [-0.1, -0.05) is 27.7 Å². The molecule has 5 rings (SSSR count). The molecule has 0 unspecified atom stereocenters. The number of aromatic nitrogens is 2. The molecule has 1 aromatic carbocycles. The molecule has 1 aromatic heterocycles. The van der Waals surface area contributed by atoms with E-state index in [0.717, 1.165) is 11.1 Å². The van der Waals surface area contributed by atoms with E-state index < -0.39 is 5.92 Å². The average molecular weight is 435 g/mol. The Kier molecular flexibility index (Phi) is 4.56. The van der Waals surface area contributed by atoms with Crippen molar-refractivity contribution in [1.82, 2.24) is 10.2 Å². The van der Waals surface area contributed by atoms with Gasteiger partial charge in [-0.3, -0.25) is 14.7 Å². The molecule has 2 heterocycles. The molecule has 166 valence electrons. The quantitative estimate of drug-likeness (QED) is 0.666. The highest BCUT2D eigenvalue weighted by Gasteiger charge is 2.48. The molecular formula is C26H27FN2O3. The van der Waals surface area contributed by atoms with E-state index in [-0.39, 0.29) is 28.2 Å². The molecule has 6 heteroatoms. The molecule has 2 aromatic rings. The van der Waals surface area contributed by atoms with Gasteiger partial charge in [0.15, 0.2) is 11.6 Å². The Bertz CT molecular complexity index is 1150. The first kappa shape index (κ1) is 20.9. The van der Waals surface area contributed by atoms with Gasteiger partial charge >= 0.3 is 0 Å². The van der Waals surface area contributed by atoms with Crippen molar-refractivity contribution in [2.75, 3.05) is 0 Å². The number of ether oxygens (including phenoxy) is 1. The van der Waals surface area contributed by atoms with Crippen molar-refractivity contribution < 1.29 is 18.7 Å². The van der Waals surface area contributed by atoms with E-state index >= 15 is 0 Å². The van der Waals surface area contributed by atoms with Crippen LogP contribution >= 0.6 is 0 Å². The van der Waals surface area contributed by atoms with Crippen LogP contribution in [-0.4, -0.2) is 21.8 Å². The Morgan fingerprint density at radius 3 is 1.97 bits per heavy atom. The number of hydrogen-bond donors (Lipinski definition) is 1. The lowest BCUT2D eigenvalue weighted by Crippen LogP contribution is -2.37. The number of benzene rings is 1. The Hall–Kier alpha value is -3.02. The molecule has 0 amide bonds. The Morgan fingerprint density at radius 2 is 1.44 bits per heavy atom. The van der Waals surface area contributed by atoms with Crippen LogP contribution in [0.2, 0.25) is 0 Å². The van der Waals surface area contributed by atoms with E-state index in [1.54, 1.807) is 18.3 Å². The van der Waals surface area contributed by atoms with Gasteiger partial charge in [0.1, 0.15) is 17.3 Å². The summed E-state index contributed by atoms with van der Waals surface area (Å²) in [6.45, 7) is 8.26. The summed E-state index contributed by atoms with van der Waals surface area (Å²) in [7, 11) is 0. The summed E-state index contributed by atoms with van der Waals surface area (Å²) in [6.07, 6.45) is 3.76. The van der Waals surface area contributed by atoms with E-state index in [0.29, 0.717) is 54.0 Å². The minimum absolute atomic E-state index is 0.0108. The number of rotatable bonds is 2. The van der Waals surface area contributed by atoms with E-state index in [2.05, 4.69) is 37.9 Å². The summed E-state index contributed by atoms with van der Waals surface area (Å²) in [5, 5.41) is 7.26. The second-order valence-corrected chi connectivity index (χ2v) is 10.8. The molecule has 0 spiro atoms. The number of hydrogen-bond acceptors (Lipinski definition) is 4. The number of carbonyl (C=O) groups excluding carboxylic acids is 2. The zero-order valence-electron chi connectivity index (χ0n) is 18.8. The molecule has 0 saturated heterocycles. The van der Waals surface area contributed by atoms with Gasteiger partial charge < -0.3 is 4.74 Å². The predicted octanol–water partition coefficient (Wildman–Crippen LogP) is 5.62. The standard InChI is InChI=1S/C26H27FN2O3/c1-25(2)9-17(30)22-19(11-25)32-20-12-26(3,4)10-18(31)23(20)21(22)16-13-28-29-24(16)14-5-7-15(27)8-6-14/h5-8,13,21H,9-12H2,1-4H3,(H,28,29). The first-order chi connectivity index (χ1) is 15.0. The molecule has 1 N–H and O–H groups in total. The molecule has 0 atom stereocenters. The number of carbonyl (C=O) groups is 2. The number of allylic oxidation sites excluding steroid dienone is 4. The Balaban J connectivity index is 1.72. The molecule has 5 nitrogen and oxygen atoms in total. The van der Waals surface area contributed by atoms with Gasteiger partial charge in [0, 0.05) is 48.0 Å². The number of aromatic amines is 1. The summed E-state index contributed by atoms with van der Waals surface area (Å²) in [6, 6.07) is 6.13. The summed E-state index contributed by atoms with van der Waals surface area (Å²) in [5.41, 5.74) is 2.92. The Morgan fingerprint density at radius 1 is 0.906 bits per heavy atom. The van der Waals surface area contributed by atoms with Gasteiger partial charge in [-0.25, -0.2) is 4.39 Å². The molecule has 0 fully saturated rings. The number of halogens is 1. The van der Waals surface area contributed by atoms with Crippen LogP contribution in [-0.2, 0) is 14.3 Å². The van der Waals surface area contributed by atoms with Crippen LogP contribution in [0.1, 0.15) is 64.9 Å². The predicted molar refractivity (Wildman–Crippen MR) is 118 cm³/mol. The van der Waals surface area contributed by atoms with Crippen molar-refractivity contribution in [3.8, 4) is 11.3 Å². The third-order valence-electron chi connectivity index (χ3n) is 6.69. The van der Waals surface area contributed by atoms with Gasteiger partial charge in [0.25, 0.3) is 0 Å². The molecule has 2 aliphatic carbocycles. The van der Waals surface area contributed by atoms with Crippen molar-refractivity contribution in [2.45, 2.75) is 59.3 Å². The first-order valence-electron chi connectivity index (χ1n) is 11.0. The van der Waals surface area contributed by atoms with Crippen LogP contribution in [0.3, 0.4) is 0 Å². The smallest absolute Gasteiger partial charge is 0.163 e. The SMILES string of the molecule is CC1(C)CC(=O)C2=C(C1)OC1=C(C(=O)CC(C)(C)C1)C2c1cn[nH]c1-c1ccc(F)cc1. The molecule has 32 heavy (non-hydrogen) atoms. The second kappa shape index (κ2) is 6.99. The molecule has 0 bridgehead atoms. The van der Waals surface area contributed by atoms with Crippen molar-refractivity contribution in [2.24, 2.45) is 10.8 Å². The van der Waals surface area contributed by atoms with Gasteiger partial charge in [-0.15, -0.1) is 0 Å². The minimum Gasteiger partial charge on any atom is -0.465 e. The third-order valence-corrected chi connectivity index (χ3v) is 6.69. The van der Waals surface area contributed by atoms with E-state index in [4.69, 9.17) is 4.74 Å². The maximum atomic E-state index is 13.5. The van der Waals surface area contributed by atoms with Crippen molar-refractivity contribution in [3.05, 3.63) is 64.5 Å². The number of nitrogens with one attached hydrogen (secondary N) is 1. The van der Waals surface area contributed by atoms with Crippen LogP contribution < -0.4 is 0 Å². The average Bonchev–Trinajstić information content (AvgIpc) is 3.14. The lowest BCUT2D eigenvalue weighted by Gasteiger charge is -2.42. The van der Waals surface area contributed by atoms with Crippen LogP contribution in [0.15, 0.2) is 53.1 Å². The van der Waals surface area contributed by atoms with Gasteiger partial charge in [0.2, 0.25) is 0 Å². The number of nitrogens with zero attached hydrogens (tertiary/aromatic N) is 1. The third kappa shape index (κ3) is 3.42. The molecule has 0 radical (unpaired) electrons. The fourth-order valence-corrected chi connectivity index (χ4v) is 5.35. The highest BCUT2D eigenvalue weighted by molar-refractivity contribution is 6.06. The van der Waals surface area contributed by atoms with Crippen molar-refractivity contribution in [3.63, 3.8) is 0 Å². The molecule has 3 aliphatic rings. The van der Waals surface area contributed by atoms with E-state index in [1.165, 1.54) is 12.1 Å². The van der Waals surface area contributed by atoms with E-state index in [1.807, 2.05) is 0 Å². The number of H-pyrrole nitrogens is 1. The van der Waals surface area contributed by atoms with Gasteiger partial charge in [-0.05, 0) is 35.1 Å². The zero-order chi connectivity index (χ0) is 22.8. The molecule has 1 aliphatic heterocycles. The van der Waals surface area contributed by atoms with Gasteiger partial charge in [-0.2, -0.15) is 5.10 Å². The summed E-state index contributed by atoms with van der Waals surface area (Å²) >= 11 is 0. The van der Waals surface area contributed by atoms with Crippen molar-refractivity contribution >= 4 is 11.6 Å². The maximum absolute atomic E-state index is 13.5. The van der Waals surface area contributed by atoms with Crippen molar-refractivity contribution in [1.29, 1.82) is 0 Å². The number of Topliss-reactive ketones (excluding diaryl/α,β-unsaturated/α-hetero) is 2. The number of ketones is 2. The highest BCUT2D eigenvalue weighted by atomic mass is 19.1. The zero-order valence-corrected chi connectivity index (χ0v) is 18.8. The lowest BCUT2D eigenvalue weighted by molar-refractivity contribution is -0.120. The Labute approximate surface area is 186 Å². The van der Waals surface area contributed by atoms with Crippen LogP contribution in [0.5, 0.6) is 0 Å². The lowest BCUT2D eigenvalue weighted by atomic mass is 9.65. The van der Waals surface area contributed by atoms with Crippen LogP contribution in [0.4, 0.5) is 4.39 Å². The first-order valence-corrected chi connectivity index (χ1v) is 11.0. The summed E-state index contributed by atoms with van der Waals surface area (Å²) < 4.78 is 19.9. The minimum atomic E-state index is -0.528. The molecule has 0 saturated carbocycles. The monoisotopic (exact) mass is 434 g/mol. The summed E-state index contributed by atoms with van der Waals surface area (Å²) in [5.74, 6) is 0.511. The van der Waals surface area contributed by atoms with Gasteiger partial charge in [0.05, 0.1) is 17.8 Å². The highest BCUT2D eigenvalue weighted by Crippen LogP contribution is 2.54. The fourth-order valence-electron chi connectivity index (χ4n) is 5.35. The molecular weight excluding hydrogens is 407 g/mol.